The number of H-pyrrole nitrogens is 1. The highest BCUT2D eigenvalue weighted by Gasteiger charge is 2.82. The second-order valence-electron chi connectivity index (χ2n) is 14.3. The average Bonchev–Trinajstić information content (AvgIpc) is 3.77. The molecule has 6 atom stereocenters. The van der Waals surface area contributed by atoms with Crippen LogP contribution in [-0.4, -0.2) is 39.7 Å². The number of hydrogen-bond acceptors (Lipinski definition) is 4. The molecule has 2 N–H and O–H groups in total. The fourth-order valence-corrected chi connectivity index (χ4v) is 11.5. The molecule has 5 nitrogen and oxygen atoms in total. The minimum Gasteiger partial charge on any atom is -0.504 e. The van der Waals surface area contributed by atoms with Gasteiger partial charge < -0.3 is 19.6 Å². The van der Waals surface area contributed by atoms with Crippen LogP contribution < -0.4 is 4.74 Å². The molecular formula is C39H37Cl3N2O3. The van der Waals surface area contributed by atoms with E-state index < -0.39 is 5.60 Å². The molecule has 2 saturated heterocycles. The molecule has 8 heteroatoms. The molecule has 6 aliphatic rings. The Bertz CT molecular complexity index is 1980. The number of nitrogens with zero attached hydrogens (tertiary/aromatic N) is 1. The van der Waals surface area contributed by atoms with E-state index in [9.17, 15) is 5.11 Å². The standard InChI is InChI=1S/C39H36Cl2N2O3.ClH/c40-22-45-27-8-5-7-25(19-27)37-21-29-28-9-2-4-11-31(28)42-36(29)39(20-24-6-1-3-10-30(24)41)38(37)16-17-43(26-13-14-26)33(37)18-23-12-15-32(44)35(46-39)34(23)38;/h1-12,15,19,23,26,33-34,42,44H,13-14,16-18,20-22H2;1H/t23?,33?,34?,37-,38-,39+;/m1./s1. The molecule has 2 bridgehead atoms. The summed E-state index contributed by atoms with van der Waals surface area (Å²) in [5.74, 6) is 2.08. The number of piperidine rings is 1. The van der Waals surface area contributed by atoms with Crippen molar-refractivity contribution in [1.82, 2.24) is 9.88 Å². The predicted molar refractivity (Wildman–Crippen MR) is 188 cm³/mol. The van der Waals surface area contributed by atoms with E-state index in [1.165, 1.54) is 29.4 Å². The summed E-state index contributed by atoms with van der Waals surface area (Å²) in [6, 6.07) is 26.6. The Morgan fingerprint density at radius 3 is 2.70 bits per heavy atom. The van der Waals surface area contributed by atoms with E-state index in [-0.39, 0.29) is 52.9 Å². The number of halogens is 3. The summed E-state index contributed by atoms with van der Waals surface area (Å²) in [6.45, 7) is 1.01. The smallest absolute Gasteiger partial charge is 0.162 e. The van der Waals surface area contributed by atoms with Crippen molar-refractivity contribution in [3.05, 3.63) is 124 Å². The van der Waals surface area contributed by atoms with Gasteiger partial charge in [0.05, 0.1) is 5.69 Å². The van der Waals surface area contributed by atoms with Gasteiger partial charge in [-0.2, -0.15) is 0 Å². The molecule has 3 heterocycles. The third-order valence-corrected chi connectivity index (χ3v) is 13.2. The predicted octanol–water partition coefficient (Wildman–Crippen LogP) is 8.98. The van der Waals surface area contributed by atoms with Gasteiger partial charge in [0.15, 0.2) is 17.4 Å². The van der Waals surface area contributed by atoms with E-state index in [2.05, 4.69) is 70.6 Å². The second-order valence-corrected chi connectivity index (χ2v) is 15.0. The van der Waals surface area contributed by atoms with Crippen molar-refractivity contribution >= 4 is 46.5 Å². The van der Waals surface area contributed by atoms with Crippen molar-refractivity contribution in [3.8, 4) is 5.75 Å². The minimum atomic E-state index is -0.805. The maximum Gasteiger partial charge on any atom is 0.162 e. The van der Waals surface area contributed by atoms with E-state index in [0.717, 1.165) is 59.1 Å². The van der Waals surface area contributed by atoms with Crippen LogP contribution >= 0.6 is 35.6 Å². The molecule has 4 fully saturated rings. The first-order chi connectivity index (χ1) is 22.5. The van der Waals surface area contributed by atoms with Gasteiger partial charge >= 0.3 is 0 Å². The summed E-state index contributed by atoms with van der Waals surface area (Å²) < 4.78 is 13.6. The van der Waals surface area contributed by atoms with Crippen LogP contribution in [0.1, 0.15) is 48.1 Å². The van der Waals surface area contributed by atoms with Crippen LogP contribution in [0.2, 0.25) is 5.02 Å². The lowest BCUT2D eigenvalue weighted by molar-refractivity contribution is -0.198. The number of aliphatic hydroxyl groups is 1. The lowest BCUT2D eigenvalue weighted by Crippen LogP contribution is -2.77. The van der Waals surface area contributed by atoms with Crippen molar-refractivity contribution in [2.45, 2.75) is 61.6 Å². The van der Waals surface area contributed by atoms with Gasteiger partial charge in [-0.05, 0) is 91.6 Å². The molecule has 0 amide bonds. The van der Waals surface area contributed by atoms with Gasteiger partial charge in [0.25, 0.3) is 0 Å². The largest absolute Gasteiger partial charge is 0.504 e. The van der Waals surface area contributed by atoms with Crippen LogP contribution in [-0.2, 0) is 28.6 Å². The van der Waals surface area contributed by atoms with Crippen molar-refractivity contribution in [2.24, 2.45) is 17.3 Å². The summed E-state index contributed by atoms with van der Waals surface area (Å²) >= 11 is 13.2. The highest BCUT2D eigenvalue weighted by molar-refractivity contribution is 6.31. The molecule has 3 aromatic carbocycles. The molecule has 242 valence electrons. The van der Waals surface area contributed by atoms with E-state index in [0.29, 0.717) is 12.5 Å². The van der Waals surface area contributed by atoms with E-state index in [1.807, 2.05) is 24.3 Å². The second kappa shape index (κ2) is 10.5. The van der Waals surface area contributed by atoms with E-state index >= 15 is 0 Å². The lowest BCUT2D eigenvalue weighted by atomic mass is 9.34. The Hall–Kier alpha value is -3.09. The van der Waals surface area contributed by atoms with Crippen LogP contribution in [0, 0.1) is 17.3 Å². The number of allylic oxidation sites excluding steroid dienone is 3. The number of hydrogen-bond donors (Lipinski definition) is 2. The molecule has 1 spiro atoms. The molecule has 0 radical (unpaired) electrons. The van der Waals surface area contributed by atoms with Crippen LogP contribution in [0.15, 0.2) is 96.5 Å². The van der Waals surface area contributed by atoms with Crippen molar-refractivity contribution in [1.29, 1.82) is 0 Å². The van der Waals surface area contributed by atoms with Gasteiger partial charge in [0.2, 0.25) is 0 Å². The summed E-state index contributed by atoms with van der Waals surface area (Å²) in [4.78, 5) is 6.81. The summed E-state index contributed by atoms with van der Waals surface area (Å²) in [5, 5.41) is 13.7. The monoisotopic (exact) mass is 686 g/mol. The van der Waals surface area contributed by atoms with Crippen molar-refractivity contribution in [3.63, 3.8) is 0 Å². The maximum absolute atomic E-state index is 11.7. The average molecular weight is 688 g/mol. The van der Waals surface area contributed by atoms with Crippen LogP contribution in [0.4, 0.5) is 0 Å². The number of para-hydroxylation sites is 1. The fourth-order valence-electron chi connectivity index (χ4n) is 11.1. The third kappa shape index (κ3) is 3.72. The van der Waals surface area contributed by atoms with Gasteiger partial charge in [-0.3, -0.25) is 4.90 Å². The van der Waals surface area contributed by atoms with Gasteiger partial charge in [-0.15, -0.1) is 12.4 Å². The number of aromatic nitrogens is 1. The van der Waals surface area contributed by atoms with Gasteiger partial charge in [-0.25, -0.2) is 0 Å². The quantitative estimate of drug-likeness (QED) is 0.199. The number of nitrogens with one attached hydrogen (secondary N) is 1. The van der Waals surface area contributed by atoms with Crippen molar-refractivity contribution in [2.75, 3.05) is 12.6 Å². The zero-order chi connectivity index (χ0) is 30.8. The molecule has 2 aliphatic heterocycles. The highest BCUT2D eigenvalue weighted by Crippen LogP contribution is 2.79. The number of alkyl halides is 1. The first kappa shape index (κ1) is 30.0. The number of fused-ring (bicyclic) bond motifs is 4. The number of aromatic amines is 1. The summed E-state index contributed by atoms with van der Waals surface area (Å²) in [6.07, 6.45) is 10.1. The number of benzene rings is 3. The summed E-state index contributed by atoms with van der Waals surface area (Å²) in [7, 11) is 0. The number of rotatable bonds is 6. The first-order valence-electron chi connectivity index (χ1n) is 16.7. The Morgan fingerprint density at radius 1 is 1.04 bits per heavy atom. The molecule has 4 aliphatic carbocycles. The third-order valence-electron chi connectivity index (χ3n) is 12.7. The fraction of sp³-hybridized carbons (Fsp3) is 0.385. The van der Waals surface area contributed by atoms with Crippen molar-refractivity contribution < 1.29 is 14.6 Å². The zero-order valence-corrected chi connectivity index (χ0v) is 28.3. The van der Waals surface area contributed by atoms with Crippen LogP contribution in [0.25, 0.3) is 10.9 Å². The molecule has 3 unspecified atom stereocenters. The van der Waals surface area contributed by atoms with E-state index in [4.69, 9.17) is 32.7 Å². The molecular weight excluding hydrogens is 651 g/mol. The normalized spacial score (nSPS) is 33.2. The molecule has 1 aromatic heterocycles. The maximum atomic E-state index is 11.7. The van der Waals surface area contributed by atoms with Gasteiger partial charge in [0, 0.05) is 51.2 Å². The Morgan fingerprint density at radius 2 is 1.87 bits per heavy atom. The molecule has 4 aromatic rings. The lowest BCUT2D eigenvalue weighted by Gasteiger charge is -2.71. The van der Waals surface area contributed by atoms with Gasteiger partial charge in [-0.1, -0.05) is 77.8 Å². The summed E-state index contributed by atoms with van der Waals surface area (Å²) in [5.41, 5.74) is 4.39. The molecule has 10 rings (SSSR count). The SMILES string of the molecule is Cl.OC1=C2O[C@@]3(Cc4ccccc4Cl)c4[nH]c5ccccc5c4C[C@@]4(c5cccc(OCCl)c5)C5CC(C=C1)C2[C@@]34CCN5C1CC1. The Balaban J connectivity index is 0.00000302. The van der Waals surface area contributed by atoms with Crippen LogP contribution in [0.3, 0.4) is 0 Å². The van der Waals surface area contributed by atoms with E-state index in [1.54, 1.807) is 0 Å². The van der Waals surface area contributed by atoms with Gasteiger partial charge in [0.1, 0.15) is 11.5 Å². The Kier molecular flexibility index (Phi) is 6.67. The highest BCUT2D eigenvalue weighted by atomic mass is 35.5. The molecule has 2 saturated carbocycles. The van der Waals surface area contributed by atoms with Crippen LogP contribution in [0.5, 0.6) is 5.75 Å². The topological polar surface area (TPSA) is 57.7 Å². The molecule has 47 heavy (non-hydrogen) atoms. The zero-order valence-electron chi connectivity index (χ0n) is 25.9. The number of aliphatic hydroxyl groups excluding tert-OH is 1. The Labute approximate surface area is 290 Å². The first-order valence-corrected chi connectivity index (χ1v) is 17.6. The number of ether oxygens (including phenoxy) is 2. The number of likely N-dealkylation sites (tertiary alicyclic amines) is 1. The minimum absolute atomic E-state index is 0.